The quantitative estimate of drug-likeness (QED) is 0.125. The predicted molar refractivity (Wildman–Crippen MR) is 221 cm³/mol. The van der Waals surface area contributed by atoms with Gasteiger partial charge in [-0.25, -0.2) is 12.2 Å². The van der Waals surface area contributed by atoms with E-state index >= 15 is 0 Å². The standard InChI is InChI=1S/C31H29.C15H14.C5H5.2ClH.Ti/c1-30(2,24-11-7-5-8-12-24)26-15-17-28-22(20-26)19-23-21-27(16-18-29(23)28)31(3,4)25-13-9-6-10-14-25;1-12-3-7-14(8-4-12)11-15-9-5-13(2)6-10-15;1-2-4-5-3-1;;;/h5-21H,1-4H3;3-10H,1-2H3;1-3H,4H2;2*1H;/q-1;;-1;;;+2/p-2. The van der Waals surface area contributed by atoms with Crippen LogP contribution in [0.3, 0.4) is 0 Å². The van der Waals surface area contributed by atoms with E-state index in [9.17, 15) is 0 Å². The Morgan fingerprint density at radius 3 is 1.28 bits per heavy atom. The third-order valence-corrected chi connectivity index (χ3v) is 11.3. The molecule has 0 bridgehead atoms. The summed E-state index contributed by atoms with van der Waals surface area (Å²) in [6, 6.07) is 55.3. The van der Waals surface area contributed by atoms with Gasteiger partial charge in [0.05, 0.1) is 0 Å². The van der Waals surface area contributed by atoms with Crippen molar-refractivity contribution in [2.75, 3.05) is 0 Å². The molecule has 0 spiro atoms. The average molecular weight is 780 g/mol. The molecule has 0 aliphatic heterocycles. The van der Waals surface area contributed by atoms with Gasteiger partial charge in [-0.1, -0.05) is 124 Å². The van der Waals surface area contributed by atoms with Crippen LogP contribution in [-0.4, -0.2) is 3.81 Å². The Hall–Kier alpha value is -4.17. The summed E-state index contributed by atoms with van der Waals surface area (Å²) in [6.07, 6.45) is 10.0. The summed E-state index contributed by atoms with van der Waals surface area (Å²) in [5.74, 6) is 0. The van der Waals surface area contributed by atoms with Crippen LogP contribution in [0.25, 0.3) is 21.5 Å². The summed E-state index contributed by atoms with van der Waals surface area (Å²) in [4.78, 5) is 0. The van der Waals surface area contributed by atoms with Crippen molar-refractivity contribution in [2.24, 2.45) is 0 Å². The van der Waals surface area contributed by atoms with Gasteiger partial charge in [0, 0.05) is 10.8 Å². The van der Waals surface area contributed by atoms with Crippen molar-refractivity contribution in [3.8, 4) is 0 Å². The van der Waals surface area contributed by atoms with E-state index in [1.165, 1.54) is 69.9 Å². The molecular weight excluding hydrogens is 731 g/mol. The fourth-order valence-electron chi connectivity index (χ4n) is 6.79. The molecule has 54 heavy (non-hydrogen) atoms. The van der Waals surface area contributed by atoms with Gasteiger partial charge in [-0.2, -0.15) is 6.08 Å². The molecule has 7 aromatic rings. The normalized spacial score (nSPS) is 11.9. The number of halogens is 2. The van der Waals surface area contributed by atoms with Crippen LogP contribution in [0.15, 0.2) is 170 Å². The fraction of sp³-hybridized carbons (Fsp3) is 0.176. The minimum absolute atomic E-state index is 0. The summed E-state index contributed by atoms with van der Waals surface area (Å²) in [6.45, 7) is 13.5. The summed E-state index contributed by atoms with van der Waals surface area (Å²) in [5.41, 5.74) is 10.6. The minimum Gasteiger partial charge on any atom is -1.00 e. The van der Waals surface area contributed by atoms with Crippen LogP contribution in [0, 0.1) is 19.9 Å². The first-order valence-corrected chi connectivity index (χ1v) is 19.0. The van der Waals surface area contributed by atoms with Crippen LogP contribution in [0.1, 0.15) is 78.6 Å². The minimum atomic E-state index is -0.0284. The summed E-state index contributed by atoms with van der Waals surface area (Å²) < 4.78 is 1.33. The Kier molecular flexibility index (Phi) is 14.9. The molecule has 8 rings (SSSR count). The van der Waals surface area contributed by atoms with E-state index in [1.807, 2.05) is 12.2 Å². The van der Waals surface area contributed by atoms with Crippen LogP contribution >= 0.6 is 0 Å². The molecule has 1 aliphatic carbocycles. The molecular formula is C51H48Cl2Ti-2. The van der Waals surface area contributed by atoms with Gasteiger partial charge < -0.3 is 24.8 Å². The zero-order valence-electron chi connectivity index (χ0n) is 32.1. The summed E-state index contributed by atoms with van der Waals surface area (Å²) in [5, 5.41) is 5.33. The molecule has 0 amide bonds. The van der Waals surface area contributed by atoms with Gasteiger partial charge in [0.25, 0.3) is 0 Å². The molecule has 0 saturated carbocycles. The molecule has 0 aromatic heterocycles. The van der Waals surface area contributed by atoms with Crippen LogP contribution in [0.2, 0.25) is 0 Å². The number of fused-ring (bicyclic) bond motifs is 3. The van der Waals surface area contributed by atoms with E-state index in [-0.39, 0.29) is 35.6 Å². The van der Waals surface area contributed by atoms with Crippen molar-refractivity contribution in [3.63, 3.8) is 0 Å². The number of benzene rings is 6. The molecule has 3 heteroatoms. The van der Waals surface area contributed by atoms with Crippen LogP contribution in [0.5, 0.6) is 0 Å². The van der Waals surface area contributed by atoms with Crippen molar-refractivity contribution < 1.29 is 44.8 Å². The van der Waals surface area contributed by atoms with Gasteiger partial charge in [-0.05, 0) is 11.1 Å². The molecule has 0 nitrogen and oxygen atoms in total. The molecule has 1 aliphatic rings. The topological polar surface area (TPSA) is 0 Å². The molecule has 0 atom stereocenters. The Morgan fingerprint density at radius 2 is 0.944 bits per heavy atom. The number of aryl methyl sites for hydroxylation is 2. The largest absolute Gasteiger partial charge is 1.00 e. The van der Waals surface area contributed by atoms with Crippen molar-refractivity contribution in [1.29, 1.82) is 0 Å². The summed E-state index contributed by atoms with van der Waals surface area (Å²) >= 11 is 2.18. The first kappa shape index (κ1) is 42.6. The summed E-state index contributed by atoms with van der Waals surface area (Å²) in [7, 11) is 0. The fourth-order valence-corrected chi connectivity index (χ4v) is 7.31. The molecule has 0 fully saturated rings. The van der Waals surface area contributed by atoms with Crippen LogP contribution in [0.4, 0.5) is 0 Å². The van der Waals surface area contributed by atoms with Gasteiger partial charge in [-0.3, -0.25) is 6.08 Å². The van der Waals surface area contributed by atoms with E-state index in [4.69, 9.17) is 0 Å². The predicted octanol–water partition coefficient (Wildman–Crippen LogP) is 7.10. The van der Waals surface area contributed by atoms with Crippen LogP contribution < -0.4 is 24.8 Å². The first-order valence-electron chi connectivity index (χ1n) is 18.2. The number of hydrogen-bond donors (Lipinski definition) is 0. The van der Waals surface area contributed by atoms with Crippen molar-refractivity contribution in [2.45, 2.75) is 58.8 Å². The molecule has 0 saturated heterocycles. The molecule has 0 unspecified atom stereocenters. The third kappa shape index (κ3) is 9.92. The second-order valence-electron chi connectivity index (χ2n) is 14.8. The smallest absolute Gasteiger partial charge is 0.109 e. The van der Waals surface area contributed by atoms with E-state index in [0.29, 0.717) is 0 Å². The molecule has 0 heterocycles. The zero-order valence-corrected chi connectivity index (χ0v) is 35.2. The van der Waals surface area contributed by atoms with Crippen molar-refractivity contribution >= 4 is 25.4 Å². The Balaban J connectivity index is 0.000000236. The molecule has 272 valence electrons. The molecule has 0 N–H and O–H groups in total. The maximum Gasteiger partial charge on any atom is -0.109 e. The van der Waals surface area contributed by atoms with E-state index in [1.54, 1.807) is 0 Å². The molecule has 7 aromatic carbocycles. The second-order valence-corrected chi connectivity index (χ2v) is 15.6. The number of hydrogen-bond acceptors (Lipinski definition) is 0. The van der Waals surface area contributed by atoms with Crippen molar-refractivity contribution in [1.82, 2.24) is 0 Å². The van der Waals surface area contributed by atoms with Gasteiger partial charge in [0.1, 0.15) is 0 Å². The Labute approximate surface area is 347 Å². The number of allylic oxidation sites excluding steroid dienone is 4. The zero-order chi connectivity index (χ0) is 36.7. The van der Waals surface area contributed by atoms with Crippen LogP contribution in [-0.2, 0) is 30.8 Å². The van der Waals surface area contributed by atoms with Gasteiger partial charge in [-0.15, -0.1) is 46.2 Å². The second kappa shape index (κ2) is 18.9. The van der Waals surface area contributed by atoms with Gasteiger partial charge >= 0.3 is 108 Å². The Bertz CT molecular complexity index is 2160. The third-order valence-electron chi connectivity index (χ3n) is 10.4. The first-order chi connectivity index (χ1) is 25.0. The average Bonchev–Trinajstić information content (AvgIpc) is 3.88. The molecule has 0 radical (unpaired) electrons. The van der Waals surface area contributed by atoms with Crippen molar-refractivity contribution in [3.05, 3.63) is 220 Å². The maximum atomic E-state index is 2.99. The van der Waals surface area contributed by atoms with E-state index in [0.717, 1.165) is 6.42 Å². The monoisotopic (exact) mass is 778 g/mol. The van der Waals surface area contributed by atoms with E-state index < -0.39 is 0 Å². The van der Waals surface area contributed by atoms with E-state index in [2.05, 4.69) is 225 Å². The SMILES string of the molecule is CC(C)(c1ccccc1)c1ccc2c(c1)[cH-]c1cc(C(C)(C)c3ccccc3)ccc12.Cc1ccc([C](=[Ti+2])c2ccc(C)cc2)cc1.[C-]1=CC=CC1.[Cl-].[Cl-]. The number of rotatable bonds is 6. The van der Waals surface area contributed by atoms with Gasteiger partial charge in [0.2, 0.25) is 0 Å². The van der Waals surface area contributed by atoms with Gasteiger partial charge in [0.15, 0.2) is 0 Å². The maximum absolute atomic E-state index is 2.99. The Morgan fingerprint density at radius 1 is 0.537 bits per heavy atom.